The van der Waals surface area contributed by atoms with Gasteiger partial charge >= 0.3 is 0 Å². The molecule has 2 amide bonds. The van der Waals surface area contributed by atoms with E-state index in [0.717, 1.165) is 5.56 Å². The van der Waals surface area contributed by atoms with Crippen molar-refractivity contribution < 1.29 is 9.59 Å². The largest absolute Gasteiger partial charge is 0.366 e. The maximum Gasteiger partial charge on any atom is 0.263 e. The molecular formula is C20H19ClN4O2. The first kappa shape index (κ1) is 18.7. The van der Waals surface area contributed by atoms with Crippen LogP contribution < -0.4 is 10.6 Å². The summed E-state index contributed by atoms with van der Waals surface area (Å²) in [6.45, 7) is 2.23. The molecule has 0 aliphatic rings. The van der Waals surface area contributed by atoms with Crippen LogP contribution in [0.4, 0.5) is 5.69 Å². The first-order valence-electron chi connectivity index (χ1n) is 8.33. The zero-order valence-corrected chi connectivity index (χ0v) is 15.8. The number of hydrogen-bond donors (Lipinski definition) is 1. The predicted octanol–water partition coefficient (Wildman–Crippen LogP) is 3.27. The number of benzene rings is 2. The van der Waals surface area contributed by atoms with E-state index in [0.29, 0.717) is 34.2 Å². The molecule has 1 aromatic heterocycles. The van der Waals surface area contributed by atoms with E-state index in [4.69, 9.17) is 17.3 Å². The van der Waals surface area contributed by atoms with E-state index in [2.05, 4.69) is 5.10 Å². The van der Waals surface area contributed by atoms with E-state index < -0.39 is 5.91 Å². The van der Waals surface area contributed by atoms with Gasteiger partial charge in [0.1, 0.15) is 5.15 Å². The van der Waals surface area contributed by atoms with Crippen LogP contribution in [0.15, 0.2) is 54.6 Å². The minimum Gasteiger partial charge on any atom is -0.366 e. The Hall–Kier alpha value is -3.12. The summed E-state index contributed by atoms with van der Waals surface area (Å²) in [5.74, 6) is -0.791. The molecule has 0 spiro atoms. The van der Waals surface area contributed by atoms with Crippen LogP contribution in [-0.4, -0.2) is 28.6 Å². The fraction of sp³-hybridized carbons (Fsp3) is 0.150. The van der Waals surface area contributed by atoms with E-state index >= 15 is 0 Å². The summed E-state index contributed by atoms with van der Waals surface area (Å²) in [6, 6.07) is 16.2. The topological polar surface area (TPSA) is 81.2 Å². The summed E-state index contributed by atoms with van der Waals surface area (Å²) in [5.41, 5.74) is 8.20. The zero-order chi connectivity index (χ0) is 19.6. The number of amides is 2. The third-order valence-corrected chi connectivity index (χ3v) is 4.68. The molecule has 2 N–H and O–H groups in total. The van der Waals surface area contributed by atoms with Gasteiger partial charge < -0.3 is 10.6 Å². The number of aryl methyl sites for hydroxylation is 1. The van der Waals surface area contributed by atoms with Crippen LogP contribution in [0.1, 0.15) is 32.0 Å². The Kier molecular flexibility index (Phi) is 5.28. The number of carbonyl (C=O) groups is 2. The lowest BCUT2D eigenvalue weighted by molar-refractivity contribution is 0.0988. The lowest BCUT2D eigenvalue weighted by atomic mass is 10.1. The molecule has 0 saturated carbocycles. The van der Waals surface area contributed by atoms with E-state index in [-0.39, 0.29) is 5.91 Å². The van der Waals surface area contributed by atoms with Crippen molar-refractivity contribution in [1.29, 1.82) is 0 Å². The quantitative estimate of drug-likeness (QED) is 0.735. The second-order valence-electron chi connectivity index (χ2n) is 6.17. The van der Waals surface area contributed by atoms with Crippen molar-refractivity contribution in [3.05, 3.63) is 82.1 Å². The van der Waals surface area contributed by atoms with Gasteiger partial charge in [-0.2, -0.15) is 5.10 Å². The third kappa shape index (κ3) is 3.85. The van der Waals surface area contributed by atoms with Crippen molar-refractivity contribution >= 4 is 29.1 Å². The molecule has 1 heterocycles. The number of hydrogen-bond acceptors (Lipinski definition) is 3. The van der Waals surface area contributed by atoms with Gasteiger partial charge in [0.2, 0.25) is 5.91 Å². The van der Waals surface area contributed by atoms with Gasteiger partial charge in [-0.3, -0.25) is 9.59 Å². The first-order valence-corrected chi connectivity index (χ1v) is 8.71. The maximum absolute atomic E-state index is 13.0. The Balaban J connectivity index is 1.87. The van der Waals surface area contributed by atoms with Crippen molar-refractivity contribution in [1.82, 2.24) is 9.78 Å². The second-order valence-corrected chi connectivity index (χ2v) is 6.53. The molecule has 0 aliphatic heterocycles. The number of rotatable bonds is 5. The van der Waals surface area contributed by atoms with Gasteiger partial charge in [-0.25, -0.2) is 4.68 Å². The summed E-state index contributed by atoms with van der Waals surface area (Å²) in [6.07, 6.45) is 0. The Morgan fingerprint density at radius 2 is 1.74 bits per heavy atom. The molecule has 0 aliphatic carbocycles. The van der Waals surface area contributed by atoms with E-state index in [1.807, 2.05) is 30.3 Å². The smallest absolute Gasteiger partial charge is 0.263 e. The highest BCUT2D eigenvalue weighted by molar-refractivity contribution is 6.33. The molecule has 3 rings (SSSR count). The van der Waals surface area contributed by atoms with Gasteiger partial charge in [-0.1, -0.05) is 41.9 Å². The number of primary amides is 1. The van der Waals surface area contributed by atoms with E-state index in [9.17, 15) is 9.59 Å². The molecule has 0 fully saturated rings. The van der Waals surface area contributed by atoms with Crippen molar-refractivity contribution in [2.45, 2.75) is 13.5 Å². The molecule has 6 nitrogen and oxygen atoms in total. The Labute approximate surface area is 162 Å². The lowest BCUT2D eigenvalue weighted by Crippen LogP contribution is -2.27. The molecule has 27 heavy (non-hydrogen) atoms. The number of halogens is 1. The predicted molar refractivity (Wildman–Crippen MR) is 105 cm³/mol. The highest BCUT2D eigenvalue weighted by Gasteiger charge is 2.24. The van der Waals surface area contributed by atoms with Gasteiger partial charge in [0.05, 0.1) is 17.8 Å². The van der Waals surface area contributed by atoms with Gasteiger partial charge in [0.25, 0.3) is 5.91 Å². The number of nitrogens with two attached hydrogens (primary N) is 1. The Morgan fingerprint density at radius 3 is 2.33 bits per heavy atom. The monoisotopic (exact) mass is 382 g/mol. The van der Waals surface area contributed by atoms with Gasteiger partial charge in [-0.05, 0) is 36.8 Å². The van der Waals surface area contributed by atoms with Crippen LogP contribution in [-0.2, 0) is 6.54 Å². The molecule has 0 bridgehead atoms. The van der Waals surface area contributed by atoms with Gasteiger partial charge in [0, 0.05) is 18.3 Å². The molecule has 138 valence electrons. The SMILES string of the molecule is Cc1nn(Cc2ccccc2)c(Cl)c1C(=O)N(C)c1ccc(C(N)=O)cc1. The third-order valence-electron chi connectivity index (χ3n) is 4.30. The van der Waals surface area contributed by atoms with E-state index in [1.54, 1.807) is 42.9 Å². The van der Waals surface area contributed by atoms with Crippen molar-refractivity contribution in [2.75, 3.05) is 11.9 Å². The fourth-order valence-corrected chi connectivity index (χ4v) is 3.11. The van der Waals surface area contributed by atoms with Crippen LogP contribution >= 0.6 is 11.6 Å². The second kappa shape index (κ2) is 7.63. The molecular weight excluding hydrogens is 364 g/mol. The molecule has 0 unspecified atom stereocenters. The van der Waals surface area contributed by atoms with Gasteiger partial charge in [-0.15, -0.1) is 0 Å². The van der Waals surface area contributed by atoms with Gasteiger partial charge in [0.15, 0.2) is 0 Å². The van der Waals surface area contributed by atoms with Crippen LogP contribution in [0, 0.1) is 6.92 Å². The summed E-state index contributed by atoms with van der Waals surface area (Å²) in [7, 11) is 1.64. The van der Waals surface area contributed by atoms with Crippen molar-refractivity contribution in [3.8, 4) is 0 Å². The number of anilines is 1. The average Bonchev–Trinajstić information content (AvgIpc) is 2.94. The van der Waals surface area contributed by atoms with Crippen molar-refractivity contribution in [3.63, 3.8) is 0 Å². The highest BCUT2D eigenvalue weighted by atomic mass is 35.5. The number of carbonyl (C=O) groups excluding carboxylic acids is 2. The Bertz CT molecular complexity index is 981. The average molecular weight is 383 g/mol. The summed E-state index contributed by atoms with van der Waals surface area (Å²) in [5, 5.41) is 4.71. The fourth-order valence-electron chi connectivity index (χ4n) is 2.79. The maximum atomic E-state index is 13.0. The molecule has 0 radical (unpaired) electrons. The normalized spacial score (nSPS) is 10.6. The highest BCUT2D eigenvalue weighted by Crippen LogP contribution is 2.25. The van der Waals surface area contributed by atoms with Crippen LogP contribution in [0.5, 0.6) is 0 Å². The number of aromatic nitrogens is 2. The van der Waals surface area contributed by atoms with Crippen LogP contribution in [0.3, 0.4) is 0 Å². The van der Waals surface area contributed by atoms with Crippen LogP contribution in [0.2, 0.25) is 5.15 Å². The van der Waals surface area contributed by atoms with Crippen LogP contribution in [0.25, 0.3) is 0 Å². The molecule has 2 aromatic carbocycles. The standard InChI is InChI=1S/C20H19ClN4O2/c1-13-17(18(21)25(23-13)12-14-6-4-3-5-7-14)20(27)24(2)16-10-8-15(9-11-16)19(22)26/h3-11H,12H2,1-2H3,(H2,22,26). The lowest BCUT2D eigenvalue weighted by Gasteiger charge is -2.17. The minimum atomic E-state index is -0.517. The number of nitrogens with zero attached hydrogens (tertiary/aromatic N) is 3. The molecule has 0 saturated heterocycles. The molecule has 3 aromatic rings. The van der Waals surface area contributed by atoms with E-state index in [1.165, 1.54) is 4.90 Å². The van der Waals surface area contributed by atoms with Crippen molar-refractivity contribution in [2.24, 2.45) is 5.73 Å². The summed E-state index contributed by atoms with van der Waals surface area (Å²) in [4.78, 5) is 25.6. The Morgan fingerprint density at radius 1 is 1.11 bits per heavy atom. The molecule has 7 heteroatoms. The summed E-state index contributed by atoms with van der Waals surface area (Å²) >= 11 is 6.46. The molecule has 0 atom stereocenters. The zero-order valence-electron chi connectivity index (χ0n) is 15.0. The summed E-state index contributed by atoms with van der Waals surface area (Å²) < 4.78 is 1.61. The first-order chi connectivity index (χ1) is 12.9. The minimum absolute atomic E-state index is 0.274.